The maximum absolute atomic E-state index is 12.4. The summed E-state index contributed by atoms with van der Waals surface area (Å²) in [7, 11) is 0. The number of thiazole rings is 1. The molecule has 2 aromatic heterocycles. The van der Waals surface area contributed by atoms with E-state index < -0.39 is 11.0 Å². The third-order valence-corrected chi connectivity index (χ3v) is 8.59. The highest BCUT2D eigenvalue weighted by Gasteiger charge is 2.44. The van der Waals surface area contributed by atoms with E-state index in [1.807, 2.05) is 50.4 Å². The zero-order valence-corrected chi connectivity index (χ0v) is 23.9. The van der Waals surface area contributed by atoms with E-state index in [9.17, 15) is 4.79 Å². The van der Waals surface area contributed by atoms with Crippen LogP contribution in [0.5, 0.6) is 0 Å². The molecule has 0 unspecified atom stereocenters. The number of nitrogen functional groups attached to an aromatic ring is 1. The lowest BCUT2D eigenvalue weighted by Crippen LogP contribution is -2.41. The Morgan fingerprint density at radius 1 is 1.15 bits per heavy atom. The van der Waals surface area contributed by atoms with Crippen molar-refractivity contribution < 1.29 is 14.6 Å². The van der Waals surface area contributed by atoms with E-state index in [1.54, 1.807) is 17.3 Å². The third-order valence-electron chi connectivity index (χ3n) is 7.59. The molecule has 210 valence electrons. The largest absolute Gasteiger partial charge is 0.577 e. The number of nitrogens with one attached hydrogen (secondary N) is 1. The van der Waals surface area contributed by atoms with Crippen LogP contribution in [0.2, 0.25) is 0 Å². The quantitative estimate of drug-likeness (QED) is 0.257. The highest BCUT2D eigenvalue weighted by Crippen LogP contribution is 2.45. The van der Waals surface area contributed by atoms with Crippen molar-refractivity contribution in [1.82, 2.24) is 19.9 Å². The SMILES string of the molecule is CC(C)(C)OC(=O)N1CCC(c2nc(C([OH2+])=NC(=N)C3(c4ccc(-c5cnc(N)nc5)cc4)CCC3)cs2)CC1. The second kappa shape index (κ2) is 11.0. The smallest absolute Gasteiger partial charge is 0.410 e. The van der Waals surface area contributed by atoms with E-state index >= 15 is 0 Å². The van der Waals surface area contributed by atoms with Gasteiger partial charge in [-0.15, -0.1) is 16.3 Å². The second-order valence-electron chi connectivity index (χ2n) is 11.5. The Bertz CT molecular complexity index is 1400. The van der Waals surface area contributed by atoms with Crippen LogP contribution in [0.3, 0.4) is 0 Å². The van der Waals surface area contributed by atoms with Crippen molar-refractivity contribution in [2.24, 2.45) is 4.99 Å². The predicted octanol–water partition coefficient (Wildman–Crippen LogP) is 4.87. The van der Waals surface area contributed by atoms with Gasteiger partial charge in [-0.25, -0.2) is 19.7 Å². The van der Waals surface area contributed by atoms with Crippen LogP contribution >= 0.6 is 11.3 Å². The Hall–Kier alpha value is -3.86. The zero-order valence-electron chi connectivity index (χ0n) is 23.1. The number of ether oxygens (including phenoxy) is 1. The summed E-state index contributed by atoms with van der Waals surface area (Å²) in [5.41, 5.74) is 7.97. The van der Waals surface area contributed by atoms with Crippen molar-refractivity contribution in [3.63, 3.8) is 0 Å². The van der Waals surface area contributed by atoms with Gasteiger partial charge in [-0.1, -0.05) is 30.7 Å². The summed E-state index contributed by atoms with van der Waals surface area (Å²) in [6.07, 6.45) is 7.38. The maximum atomic E-state index is 12.4. The average Bonchev–Trinajstić information content (AvgIpc) is 3.39. The third kappa shape index (κ3) is 5.84. The van der Waals surface area contributed by atoms with Gasteiger partial charge in [0.1, 0.15) is 11.4 Å². The Balaban J connectivity index is 1.24. The lowest BCUT2D eigenvalue weighted by Gasteiger charge is -2.41. The molecule has 2 fully saturated rings. The van der Waals surface area contributed by atoms with Gasteiger partial charge >= 0.3 is 12.0 Å². The fourth-order valence-electron chi connectivity index (χ4n) is 5.16. The number of likely N-dealkylation sites (tertiary alicyclic amines) is 1. The van der Waals surface area contributed by atoms with Gasteiger partial charge in [0, 0.05) is 42.3 Å². The van der Waals surface area contributed by atoms with Crippen molar-refractivity contribution >= 4 is 35.1 Å². The first-order valence-electron chi connectivity index (χ1n) is 13.6. The van der Waals surface area contributed by atoms with E-state index in [0.717, 1.165) is 53.8 Å². The fraction of sp³-hybridized carbons (Fsp3) is 0.448. The standard InChI is InChI=1S/C29H35N7O3S/c1-28(2,3)39-27(38)36-13-9-19(10-14-36)24-34-22(17-40-24)23(37)35-25(30)29(11-4-12-29)21-7-5-18(6-8-21)20-15-32-26(31)33-16-20/h5-8,15-17,19H,4,9-14H2,1-3H3,(H2,30,35,37)(H2,31,32,33)/p+1. The molecule has 5 N–H and O–H groups in total. The van der Waals surface area contributed by atoms with Gasteiger partial charge in [-0.2, -0.15) is 0 Å². The fourth-order valence-corrected chi connectivity index (χ4v) is 6.13. The summed E-state index contributed by atoms with van der Waals surface area (Å²) < 4.78 is 5.50. The van der Waals surface area contributed by atoms with Crippen molar-refractivity contribution in [3.8, 4) is 11.1 Å². The summed E-state index contributed by atoms with van der Waals surface area (Å²) in [5.74, 6) is 0.683. The minimum absolute atomic E-state index is 0.0145. The van der Waals surface area contributed by atoms with E-state index in [1.165, 1.54) is 11.3 Å². The number of hydrogen-bond acceptors (Lipinski definition) is 8. The molecule has 10 nitrogen and oxygen atoms in total. The molecular weight excluding hydrogens is 526 g/mol. The summed E-state index contributed by atoms with van der Waals surface area (Å²) in [5, 5.41) is 20.3. The Kier molecular flexibility index (Phi) is 7.59. The first-order chi connectivity index (χ1) is 19.0. The van der Waals surface area contributed by atoms with Gasteiger partial charge in [0.2, 0.25) is 5.95 Å². The van der Waals surface area contributed by atoms with Crippen LogP contribution in [0.1, 0.15) is 75.1 Å². The molecule has 1 aliphatic heterocycles. The number of piperidine rings is 1. The molecular formula is C29H36N7O3S+. The number of aromatic nitrogens is 3. The maximum Gasteiger partial charge on any atom is 0.410 e. The molecule has 0 radical (unpaired) electrons. The van der Waals surface area contributed by atoms with Gasteiger partial charge in [0.05, 0.1) is 10.4 Å². The first-order valence-corrected chi connectivity index (χ1v) is 14.4. The van der Waals surface area contributed by atoms with Gasteiger partial charge in [-0.05, 0) is 57.6 Å². The lowest BCUT2D eigenvalue weighted by molar-refractivity contribution is 0.0205. The molecule has 2 aliphatic rings. The summed E-state index contributed by atoms with van der Waals surface area (Å²) >= 11 is 1.52. The molecule has 3 aromatic rings. The van der Waals surface area contributed by atoms with Crippen LogP contribution in [-0.2, 0) is 10.2 Å². The Morgan fingerprint density at radius 2 is 1.80 bits per heavy atom. The van der Waals surface area contributed by atoms with E-state index in [4.69, 9.17) is 26.0 Å². The highest BCUT2D eigenvalue weighted by molar-refractivity contribution is 7.09. The van der Waals surface area contributed by atoms with Crippen molar-refractivity contribution in [1.29, 1.82) is 5.41 Å². The van der Waals surface area contributed by atoms with Crippen LogP contribution in [-0.4, -0.2) is 61.5 Å². The van der Waals surface area contributed by atoms with E-state index in [-0.39, 0.29) is 29.7 Å². The predicted molar refractivity (Wildman–Crippen MR) is 157 cm³/mol. The number of nitrogens with zero attached hydrogens (tertiary/aromatic N) is 5. The first kappa shape index (κ1) is 27.7. The Labute approximate surface area is 237 Å². The number of hydrogen-bond donors (Lipinski definition) is 2. The molecule has 1 saturated carbocycles. The molecule has 11 heteroatoms. The normalized spacial score (nSPS) is 17.8. The van der Waals surface area contributed by atoms with Gasteiger partial charge in [-0.3, -0.25) is 5.41 Å². The van der Waals surface area contributed by atoms with Crippen LogP contribution < -0.4 is 5.73 Å². The molecule has 1 amide bonds. The lowest BCUT2D eigenvalue weighted by atomic mass is 9.63. The molecule has 3 heterocycles. The van der Waals surface area contributed by atoms with Crippen LogP contribution in [0.25, 0.3) is 11.1 Å². The average molecular weight is 563 g/mol. The highest BCUT2D eigenvalue weighted by atomic mass is 32.1. The van der Waals surface area contributed by atoms with Crippen LogP contribution in [0.15, 0.2) is 47.0 Å². The molecule has 0 bridgehead atoms. The monoisotopic (exact) mass is 562 g/mol. The molecule has 1 saturated heterocycles. The molecule has 0 atom stereocenters. The molecule has 40 heavy (non-hydrogen) atoms. The van der Waals surface area contributed by atoms with Gasteiger partial charge in [0.25, 0.3) is 0 Å². The number of carbonyl (C=O) groups is 1. The number of carbonyl (C=O) groups excluding carboxylic acids is 1. The zero-order chi connectivity index (χ0) is 28.5. The number of nitrogens with two attached hydrogens (primary N) is 1. The Morgan fingerprint density at radius 3 is 2.38 bits per heavy atom. The molecule has 1 aliphatic carbocycles. The minimum atomic E-state index is -0.510. The topological polar surface area (TPSA) is 153 Å². The van der Waals surface area contributed by atoms with Crippen LogP contribution in [0.4, 0.5) is 10.7 Å². The van der Waals surface area contributed by atoms with Crippen LogP contribution in [0, 0.1) is 5.41 Å². The van der Waals surface area contributed by atoms with E-state index in [0.29, 0.717) is 18.8 Å². The number of rotatable bonds is 5. The van der Waals surface area contributed by atoms with E-state index in [2.05, 4.69) is 15.0 Å². The molecule has 5 rings (SSSR count). The number of benzene rings is 1. The summed E-state index contributed by atoms with van der Waals surface area (Å²) in [4.78, 5) is 31.4. The number of aliphatic imine (C=N–C) groups is 1. The summed E-state index contributed by atoms with van der Waals surface area (Å²) in [6, 6.07) is 8.07. The molecule has 1 aromatic carbocycles. The number of amides is 1. The van der Waals surface area contributed by atoms with Crippen molar-refractivity contribution in [2.75, 3.05) is 18.8 Å². The van der Waals surface area contributed by atoms with Crippen molar-refractivity contribution in [2.45, 2.75) is 69.8 Å². The van der Waals surface area contributed by atoms with Crippen molar-refractivity contribution in [3.05, 3.63) is 58.3 Å². The number of amidine groups is 1. The van der Waals surface area contributed by atoms with Gasteiger partial charge in [0.15, 0.2) is 5.69 Å². The molecule has 0 spiro atoms. The number of anilines is 1. The van der Waals surface area contributed by atoms with Gasteiger partial charge < -0.3 is 20.5 Å². The minimum Gasteiger partial charge on any atom is -0.577 e. The summed E-state index contributed by atoms with van der Waals surface area (Å²) in [6.45, 7) is 6.85. The second-order valence-corrected chi connectivity index (χ2v) is 12.4.